The summed E-state index contributed by atoms with van der Waals surface area (Å²) < 4.78 is 6.66. The lowest BCUT2D eigenvalue weighted by molar-refractivity contribution is 0.201. The molecule has 0 spiro atoms. The van der Waals surface area contributed by atoms with E-state index in [1.54, 1.807) is 11.8 Å². The van der Waals surface area contributed by atoms with Crippen LogP contribution in [0.3, 0.4) is 0 Å². The molecule has 3 nitrogen and oxygen atoms in total. The zero-order valence-electron chi connectivity index (χ0n) is 16.1. The minimum absolute atomic E-state index is 0.0467. The monoisotopic (exact) mass is 360 g/mol. The lowest BCUT2D eigenvalue weighted by Crippen LogP contribution is -2.15. The Kier molecular flexibility index (Phi) is 5.57. The minimum Gasteiger partial charge on any atom is -0.485 e. The van der Waals surface area contributed by atoms with Crippen LogP contribution in [0.25, 0.3) is 0 Å². The number of benzene rings is 2. The molecule has 1 atom stereocenters. The molecule has 1 heterocycles. The second-order valence-corrected chi connectivity index (χ2v) is 7.39. The van der Waals surface area contributed by atoms with Gasteiger partial charge in [0, 0.05) is 18.8 Å². The second-order valence-electron chi connectivity index (χ2n) is 7.39. The van der Waals surface area contributed by atoms with Crippen molar-refractivity contribution in [1.29, 1.82) is 0 Å². The van der Waals surface area contributed by atoms with Crippen molar-refractivity contribution in [3.63, 3.8) is 0 Å². The highest BCUT2D eigenvalue weighted by Gasteiger charge is 2.21. The van der Waals surface area contributed by atoms with Gasteiger partial charge in [-0.3, -0.25) is 0 Å². The first-order valence-corrected chi connectivity index (χ1v) is 10.2. The average molecular weight is 361 g/mol. The predicted molar refractivity (Wildman–Crippen MR) is 109 cm³/mol. The molecule has 0 bridgehead atoms. The third-order valence-corrected chi connectivity index (χ3v) is 5.48. The molecule has 0 amide bonds. The number of hydrogen-bond donors (Lipinski definition) is 1. The first-order valence-electron chi connectivity index (χ1n) is 10.2. The van der Waals surface area contributed by atoms with Crippen LogP contribution in [-0.4, -0.2) is 9.97 Å². The Morgan fingerprint density at radius 2 is 1.93 bits per heavy atom. The molecule has 3 heteroatoms. The molecular weight excluding hydrogens is 332 g/mol. The maximum absolute atomic E-state index is 6.66. The molecule has 1 N–H and O–H groups in total. The first-order chi connectivity index (χ1) is 13.3. The molecule has 1 aromatic heterocycles. The van der Waals surface area contributed by atoms with Gasteiger partial charge in [-0.1, -0.05) is 49.7 Å². The van der Waals surface area contributed by atoms with E-state index in [0.29, 0.717) is 0 Å². The van der Waals surface area contributed by atoms with Crippen LogP contribution in [0.1, 0.15) is 60.4 Å². The van der Waals surface area contributed by atoms with Crippen LogP contribution in [0, 0.1) is 0 Å². The summed E-state index contributed by atoms with van der Waals surface area (Å²) in [4.78, 5) is 7.64. The number of rotatable bonds is 7. The largest absolute Gasteiger partial charge is 0.485 e. The molecule has 4 rings (SSSR count). The topological polar surface area (TPSA) is 37.9 Å². The highest BCUT2D eigenvalue weighted by Crippen LogP contribution is 2.35. The van der Waals surface area contributed by atoms with Crippen molar-refractivity contribution >= 4 is 0 Å². The summed E-state index contributed by atoms with van der Waals surface area (Å²) >= 11 is 0. The van der Waals surface area contributed by atoms with Crippen LogP contribution in [-0.2, 0) is 25.7 Å². The first kappa shape index (κ1) is 17.8. The van der Waals surface area contributed by atoms with E-state index in [9.17, 15) is 0 Å². The number of nitrogens with one attached hydrogen (secondary N) is 1. The third kappa shape index (κ3) is 4.08. The quantitative estimate of drug-likeness (QED) is 0.595. The Labute approximate surface area is 161 Å². The van der Waals surface area contributed by atoms with Crippen LogP contribution in [0.4, 0.5) is 0 Å². The van der Waals surface area contributed by atoms with Crippen molar-refractivity contribution in [1.82, 2.24) is 9.97 Å². The Morgan fingerprint density at radius 3 is 2.70 bits per heavy atom. The highest BCUT2D eigenvalue weighted by atomic mass is 16.5. The Balaban J connectivity index is 1.68. The van der Waals surface area contributed by atoms with Gasteiger partial charge in [0.15, 0.2) is 0 Å². The van der Waals surface area contributed by atoms with Gasteiger partial charge in [0.25, 0.3) is 0 Å². The van der Waals surface area contributed by atoms with E-state index < -0.39 is 0 Å². The molecule has 1 aliphatic rings. The summed E-state index contributed by atoms with van der Waals surface area (Å²) in [6, 6.07) is 15.0. The van der Waals surface area contributed by atoms with Crippen LogP contribution in [0.5, 0.6) is 5.75 Å². The van der Waals surface area contributed by atoms with E-state index in [-0.39, 0.29) is 6.10 Å². The number of hydrogen-bond acceptors (Lipinski definition) is 2. The van der Waals surface area contributed by atoms with Gasteiger partial charge in [-0.25, -0.2) is 4.98 Å². The average Bonchev–Trinajstić information content (AvgIpc) is 3.23. The number of imidazole rings is 1. The molecule has 0 saturated heterocycles. The third-order valence-electron chi connectivity index (χ3n) is 5.48. The molecule has 1 unspecified atom stereocenters. The van der Waals surface area contributed by atoms with Crippen molar-refractivity contribution in [3.05, 3.63) is 82.9 Å². The van der Waals surface area contributed by atoms with Crippen LogP contribution >= 0.6 is 0 Å². The van der Waals surface area contributed by atoms with Gasteiger partial charge < -0.3 is 9.72 Å². The maximum Gasteiger partial charge on any atom is 0.131 e. The molecule has 0 fully saturated rings. The van der Waals surface area contributed by atoms with E-state index >= 15 is 0 Å². The molecule has 1 aliphatic carbocycles. The SMILES string of the molecule is CCCc1c(OC(Cc2ncc[nH]2)c2ccccc2)ccc2c1CCCC2. The van der Waals surface area contributed by atoms with Crippen molar-refractivity contribution in [2.24, 2.45) is 0 Å². The zero-order valence-corrected chi connectivity index (χ0v) is 16.1. The number of nitrogens with zero attached hydrogens (tertiary/aromatic N) is 1. The molecule has 0 saturated carbocycles. The Hall–Kier alpha value is -2.55. The van der Waals surface area contributed by atoms with Gasteiger partial charge in [-0.15, -0.1) is 0 Å². The lowest BCUT2D eigenvalue weighted by atomic mass is 9.86. The summed E-state index contributed by atoms with van der Waals surface area (Å²) in [6.45, 7) is 2.25. The second kappa shape index (κ2) is 8.43. The molecule has 0 radical (unpaired) electrons. The number of aromatic nitrogens is 2. The normalized spacial score (nSPS) is 14.6. The summed E-state index contributed by atoms with van der Waals surface area (Å²) in [5.74, 6) is 2.01. The molecule has 2 aromatic carbocycles. The lowest BCUT2D eigenvalue weighted by Gasteiger charge is -2.25. The van der Waals surface area contributed by atoms with Gasteiger partial charge >= 0.3 is 0 Å². The van der Waals surface area contributed by atoms with E-state index in [1.165, 1.54) is 42.4 Å². The van der Waals surface area contributed by atoms with Crippen LogP contribution in [0.2, 0.25) is 0 Å². The van der Waals surface area contributed by atoms with Gasteiger partial charge in [0.1, 0.15) is 17.7 Å². The number of aryl methyl sites for hydroxylation is 1. The van der Waals surface area contributed by atoms with E-state index in [4.69, 9.17) is 4.74 Å². The Morgan fingerprint density at radius 1 is 1.07 bits per heavy atom. The maximum atomic E-state index is 6.66. The number of aromatic amines is 1. The number of ether oxygens (including phenoxy) is 1. The van der Waals surface area contributed by atoms with E-state index in [0.717, 1.165) is 30.8 Å². The van der Waals surface area contributed by atoms with Gasteiger partial charge in [0.2, 0.25) is 0 Å². The number of fused-ring (bicyclic) bond motifs is 1. The smallest absolute Gasteiger partial charge is 0.131 e. The van der Waals surface area contributed by atoms with Gasteiger partial charge in [-0.2, -0.15) is 0 Å². The van der Waals surface area contributed by atoms with Gasteiger partial charge in [-0.05, 0) is 60.4 Å². The zero-order chi connectivity index (χ0) is 18.5. The molecule has 27 heavy (non-hydrogen) atoms. The fourth-order valence-corrected chi connectivity index (χ4v) is 4.15. The summed E-state index contributed by atoms with van der Waals surface area (Å²) in [7, 11) is 0. The van der Waals surface area contributed by atoms with Gasteiger partial charge in [0.05, 0.1) is 0 Å². The van der Waals surface area contributed by atoms with Crippen molar-refractivity contribution in [2.45, 2.75) is 58.0 Å². The van der Waals surface area contributed by atoms with Crippen LogP contribution < -0.4 is 4.74 Å². The molecule has 0 aliphatic heterocycles. The highest BCUT2D eigenvalue weighted by molar-refractivity contribution is 5.47. The van der Waals surface area contributed by atoms with E-state index in [2.05, 4.69) is 59.4 Å². The van der Waals surface area contributed by atoms with Crippen LogP contribution in [0.15, 0.2) is 54.9 Å². The van der Waals surface area contributed by atoms with Crippen molar-refractivity contribution in [3.8, 4) is 5.75 Å². The summed E-state index contributed by atoms with van der Waals surface area (Å²) in [5.41, 5.74) is 5.69. The molecule has 140 valence electrons. The number of H-pyrrole nitrogens is 1. The minimum atomic E-state index is -0.0467. The predicted octanol–water partition coefficient (Wildman–Crippen LogP) is 5.60. The molecule has 3 aromatic rings. The van der Waals surface area contributed by atoms with Crippen molar-refractivity contribution < 1.29 is 4.74 Å². The van der Waals surface area contributed by atoms with E-state index in [1.807, 2.05) is 6.20 Å². The summed E-state index contributed by atoms with van der Waals surface area (Å²) in [6.07, 6.45) is 11.6. The molecular formula is C24H28N2O. The summed E-state index contributed by atoms with van der Waals surface area (Å²) in [5, 5.41) is 0. The fraction of sp³-hybridized carbons (Fsp3) is 0.375. The standard InChI is InChI=1S/C24H28N2O/c1-2-8-21-20-12-7-6-9-18(20)13-14-22(21)27-23(17-24-25-15-16-26-24)19-10-4-3-5-11-19/h3-5,10-11,13-16,23H,2,6-9,12,17H2,1H3,(H,25,26). The van der Waals surface area contributed by atoms with Crippen molar-refractivity contribution in [2.75, 3.05) is 0 Å². The fourth-order valence-electron chi connectivity index (χ4n) is 4.15. The Bertz CT molecular complexity index is 856.